The topological polar surface area (TPSA) is 114 Å². The van der Waals surface area contributed by atoms with E-state index in [9.17, 15) is 19.2 Å². The van der Waals surface area contributed by atoms with Gasteiger partial charge in [-0.1, -0.05) is 63.9 Å². The highest BCUT2D eigenvalue weighted by Gasteiger charge is 2.40. The van der Waals surface area contributed by atoms with Crippen LogP contribution in [0.3, 0.4) is 0 Å². The van der Waals surface area contributed by atoms with E-state index >= 15 is 0 Å². The van der Waals surface area contributed by atoms with Crippen LogP contribution >= 0.6 is 0 Å². The van der Waals surface area contributed by atoms with Gasteiger partial charge >= 0.3 is 12.1 Å². The molecule has 0 aliphatic carbocycles. The van der Waals surface area contributed by atoms with E-state index in [0.717, 1.165) is 12.0 Å². The summed E-state index contributed by atoms with van der Waals surface area (Å²) in [6, 6.07) is 5.31. The van der Waals surface area contributed by atoms with Crippen LogP contribution in [0.15, 0.2) is 24.3 Å². The second kappa shape index (κ2) is 17.0. The van der Waals surface area contributed by atoms with Crippen molar-refractivity contribution < 1.29 is 28.7 Å². The number of carbonyl (C=O) groups excluding carboxylic acids is 4. The van der Waals surface area contributed by atoms with Crippen molar-refractivity contribution in [2.24, 2.45) is 11.8 Å². The third kappa shape index (κ3) is 12.5. The van der Waals surface area contributed by atoms with Crippen LogP contribution in [-0.2, 0) is 23.9 Å². The number of ether oxygens (including phenoxy) is 2. The number of nitrogens with one attached hydrogen (secondary N) is 2. The van der Waals surface area contributed by atoms with Crippen molar-refractivity contribution in [2.75, 3.05) is 13.2 Å². The summed E-state index contributed by atoms with van der Waals surface area (Å²) in [5, 5.41) is 5.66. The van der Waals surface area contributed by atoms with Gasteiger partial charge < -0.3 is 25.0 Å². The molecular formula is C32H53N3O6. The molecule has 0 fully saturated rings. The lowest BCUT2D eigenvalue weighted by molar-refractivity contribution is -0.147. The van der Waals surface area contributed by atoms with E-state index in [1.807, 2.05) is 52.0 Å². The molecule has 1 aromatic rings. The highest BCUT2D eigenvalue weighted by molar-refractivity contribution is 5.92. The lowest BCUT2D eigenvalue weighted by atomic mass is 9.93. The van der Waals surface area contributed by atoms with Crippen LogP contribution in [-0.4, -0.2) is 59.6 Å². The van der Waals surface area contributed by atoms with Gasteiger partial charge in [0.1, 0.15) is 17.7 Å². The molecule has 2 N–H and O–H groups in total. The molecule has 9 heteroatoms. The Hall–Kier alpha value is -3.10. The molecule has 0 bridgehead atoms. The lowest BCUT2D eigenvalue weighted by Crippen LogP contribution is -2.57. The molecule has 0 saturated heterocycles. The predicted molar refractivity (Wildman–Crippen MR) is 161 cm³/mol. The van der Waals surface area contributed by atoms with Crippen molar-refractivity contribution in [1.82, 2.24) is 15.5 Å². The molecule has 232 valence electrons. The monoisotopic (exact) mass is 575 g/mol. The molecule has 3 amide bonds. The van der Waals surface area contributed by atoms with E-state index in [4.69, 9.17) is 9.47 Å². The number of rotatable bonds is 15. The number of hydrogen-bond donors (Lipinski definition) is 2. The van der Waals surface area contributed by atoms with Gasteiger partial charge in [-0.25, -0.2) is 4.79 Å². The van der Waals surface area contributed by atoms with Crippen molar-refractivity contribution >= 4 is 23.9 Å². The van der Waals surface area contributed by atoms with Crippen LogP contribution < -0.4 is 10.6 Å². The normalized spacial score (nSPS) is 14.4. The van der Waals surface area contributed by atoms with E-state index < -0.39 is 35.7 Å². The van der Waals surface area contributed by atoms with Crippen LogP contribution in [0.1, 0.15) is 105 Å². The molecule has 0 aromatic heterocycles. The maximum atomic E-state index is 14.5. The third-order valence-electron chi connectivity index (χ3n) is 6.86. The first kappa shape index (κ1) is 35.9. The molecule has 0 spiro atoms. The number of carbonyl (C=O) groups is 4. The number of alkyl carbamates (subject to hydrolysis) is 1. The van der Waals surface area contributed by atoms with E-state index in [1.54, 1.807) is 32.6 Å². The standard InChI is InChI=1S/C32H53N3O6/c1-11-23(6)27(34-31(39)41-32(8,9)10)30(38)35(24(7)17-16-21(3)4)28(25-15-13-14-22(5)20-25)29(37)33-19-18-26(36)40-12-2/h13-15,20-21,23-24,27-28H,11-12,16-19H2,1-10H3,(H,33,37)(H,34,39). The summed E-state index contributed by atoms with van der Waals surface area (Å²) in [6.45, 7) is 19.3. The Morgan fingerprint density at radius 3 is 2.20 bits per heavy atom. The Bertz CT molecular complexity index is 1000. The van der Waals surface area contributed by atoms with Crippen LogP contribution in [0.4, 0.5) is 4.79 Å². The number of amides is 3. The number of nitrogens with zero attached hydrogens (tertiary/aromatic N) is 1. The summed E-state index contributed by atoms with van der Waals surface area (Å²) in [7, 11) is 0. The molecule has 4 unspecified atom stereocenters. The minimum absolute atomic E-state index is 0.0205. The van der Waals surface area contributed by atoms with Gasteiger partial charge in [-0.05, 0) is 71.8 Å². The second-order valence-corrected chi connectivity index (χ2v) is 12.2. The van der Waals surface area contributed by atoms with Crippen LogP contribution in [0, 0.1) is 18.8 Å². The van der Waals surface area contributed by atoms with Crippen molar-refractivity contribution in [3.05, 3.63) is 35.4 Å². The average molecular weight is 576 g/mol. The highest BCUT2D eigenvalue weighted by Crippen LogP contribution is 2.29. The zero-order chi connectivity index (χ0) is 31.3. The molecule has 1 aromatic carbocycles. The maximum Gasteiger partial charge on any atom is 0.408 e. The second-order valence-electron chi connectivity index (χ2n) is 12.2. The van der Waals surface area contributed by atoms with Gasteiger partial charge in [0.25, 0.3) is 0 Å². The average Bonchev–Trinajstić information content (AvgIpc) is 2.87. The van der Waals surface area contributed by atoms with Crippen molar-refractivity contribution in [1.29, 1.82) is 0 Å². The number of hydrogen-bond acceptors (Lipinski definition) is 6. The fraction of sp³-hybridized carbons (Fsp3) is 0.688. The third-order valence-corrected chi connectivity index (χ3v) is 6.86. The number of aryl methyl sites for hydroxylation is 1. The zero-order valence-electron chi connectivity index (χ0n) is 26.8. The Labute approximate surface area is 247 Å². The van der Waals surface area contributed by atoms with E-state index in [1.165, 1.54) is 0 Å². The molecule has 1 rings (SSSR count). The quantitative estimate of drug-likeness (QED) is 0.260. The number of esters is 1. The van der Waals surface area contributed by atoms with E-state index in [-0.39, 0.29) is 37.4 Å². The van der Waals surface area contributed by atoms with E-state index in [2.05, 4.69) is 24.5 Å². The fourth-order valence-corrected chi connectivity index (χ4v) is 4.49. The molecule has 4 atom stereocenters. The van der Waals surface area contributed by atoms with Gasteiger partial charge in [0.15, 0.2) is 0 Å². The smallest absolute Gasteiger partial charge is 0.408 e. The Balaban J connectivity index is 3.59. The Kier molecular flexibility index (Phi) is 14.9. The van der Waals surface area contributed by atoms with Crippen molar-refractivity contribution in [3.8, 4) is 0 Å². The van der Waals surface area contributed by atoms with Gasteiger partial charge in [-0.3, -0.25) is 14.4 Å². The molecule has 0 aliphatic rings. The summed E-state index contributed by atoms with van der Waals surface area (Å²) in [5.74, 6) is -0.981. The highest BCUT2D eigenvalue weighted by atomic mass is 16.6. The first-order valence-corrected chi connectivity index (χ1v) is 14.9. The van der Waals surface area contributed by atoms with Gasteiger partial charge in [-0.15, -0.1) is 0 Å². The summed E-state index contributed by atoms with van der Waals surface area (Å²) < 4.78 is 10.5. The Morgan fingerprint density at radius 2 is 1.66 bits per heavy atom. The van der Waals surface area contributed by atoms with Crippen LogP contribution in [0.2, 0.25) is 0 Å². The largest absolute Gasteiger partial charge is 0.466 e. The van der Waals surface area contributed by atoms with Crippen molar-refractivity contribution in [2.45, 2.75) is 119 Å². The molecule has 41 heavy (non-hydrogen) atoms. The van der Waals surface area contributed by atoms with Gasteiger partial charge in [0.05, 0.1) is 13.0 Å². The summed E-state index contributed by atoms with van der Waals surface area (Å²) in [4.78, 5) is 54.8. The summed E-state index contributed by atoms with van der Waals surface area (Å²) >= 11 is 0. The predicted octanol–water partition coefficient (Wildman–Crippen LogP) is 5.70. The summed E-state index contributed by atoms with van der Waals surface area (Å²) in [6.07, 6.45) is 1.48. The van der Waals surface area contributed by atoms with Crippen LogP contribution in [0.5, 0.6) is 0 Å². The first-order chi connectivity index (χ1) is 19.1. The molecule has 0 saturated carbocycles. The molecular weight excluding hydrogens is 522 g/mol. The van der Waals surface area contributed by atoms with Crippen LogP contribution in [0.25, 0.3) is 0 Å². The van der Waals surface area contributed by atoms with Gasteiger partial charge in [-0.2, -0.15) is 0 Å². The fourth-order valence-electron chi connectivity index (χ4n) is 4.49. The minimum atomic E-state index is -0.973. The van der Waals surface area contributed by atoms with Gasteiger partial charge in [0.2, 0.25) is 11.8 Å². The SMILES string of the molecule is CCOC(=O)CCNC(=O)C(c1cccc(C)c1)N(C(=O)C(NC(=O)OC(C)(C)C)C(C)CC)C(C)CCC(C)C. The molecule has 0 radical (unpaired) electrons. The lowest BCUT2D eigenvalue weighted by Gasteiger charge is -2.40. The summed E-state index contributed by atoms with van der Waals surface area (Å²) in [5.41, 5.74) is 0.864. The minimum Gasteiger partial charge on any atom is -0.466 e. The van der Waals surface area contributed by atoms with Crippen molar-refractivity contribution in [3.63, 3.8) is 0 Å². The van der Waals surface area contributed by atoms with E-state index in [0.29, 0.717) is 24.3 Å². The first-order valence-electron chi connectivity index (χ1n) is 14.9. The molecule has 0 aliphatic heterocycles. The molecule has 9 nitrogen and oxygen atoms in total. The Morgan fingerprint density at radius 1 is 1.00 bits per heavy atom. The molecule has 0 heterocycles. The zero-order valence-corrected chi connectivity index (χ0v) is 26.8. The number of benzene rings is 1. The maximum absolute atomic E-state index is 14.5. The van der Waals surface area contributed by atoms with Gasteiger partial charge in [0, 0.05) is 12.6 Å².